The summed E-state index contributed by atoms with van der Waals surface area (Å²) in [6.07, 6.45) is 0. The summed E-state index contributed by atoms with van der Waals surface area (Å²) in [6.45, 7) is 4.32. The molecule has 0 aliphatic rings. The first-order valence-corrected chi connectivity index (χ1v) is 5.85. The number of hydrogen-bond donors (Lipinski definition) is 1. The Morgan fingerprint density at radius 2 is 2.06 bits per heavy atom. The molecule has 1 unspecified atom stereocenters. The van der Waals surface area contributed by atoms with Gasteiger partial charge in [0.15, 0.2) is 0 Å². The van der Waals surface area contributed by atoms with Gasteiger partial charge in [0.2, 0.25) is 0 Å². The van der Waals surface area contributed by atoms with Crippen LogP contribution in [0.4, 0.5) is 0 Å². The van der Waals surface area contributed by atoms with Crippen molar-refractivity contribution < 1.29 is 0 Å². The van der Waals surface area contributed by atoms with Gasteiger partial charge in [0.05, 0.1) is 0 Å². The van der Waals surface area contributed by atoms with Crippen molar-refractivity contribution in [2.45, 2.75) is 19.9 Å². The summed E-state index contributed by atoms with van der Waals surface area (Å²) < 4.78 is 2.22. The molecule has 1 atom stereocenters. The van der Waals surface area contributed by atoms with Gasteiger partial charge in [-0.3, -0.25) is 0 Å². The summed E-state index contributed by atoms with van der Waals surface area (Å²) >= 11 is 6.07. The second-order valence-corrected chi connectivity index (χ2v) is 4.67. The minimum atomic E-state index is 0.335. The van der Waals surface area contributed by atoms with E-state index in [-0.39, 0.29) is 0 Å². The maximum Gasteiger partial charge on any atom is 0.0484 e. The van der Waals surface area contributed by atoms with Gasteiger partial charge in [0.25, 0.3) is 0 Å². The van der Waals surface area contributed by atoms with E-state index in [0.29, 0.717) is 6.04 Å². The molecule has 0 saturated heterocycles. The molecule has 0 amide bonds. The molecule has 3 heteroatoms. The van der Waals surface area contributed by atoms with Crippen molar-refractivity contribution in [2.75, 3.05) is 7.05 Å². The molecule has 0 aliphatic carbocycles. The van der Waals surface area contributed by atoms with Gasteiger partial charge in [-0.05, 0) is 44.7 Å². The first-order chi connectivity index (χ1) is 7.56. The first kappa shape index (κ1) is 11.5. The molecule has 0 radical (unpaired) electrons. The number of halogens is 1. The topological polar surface area (TPSA) is 17.0 Å². The number of hydrogen-bond acceptors (Lipinski definition) is 1. The molecule has 0 saturated carbocycles. The highest BCUT2D eigenvalue weighted by atomic mass is 35.5. The molecule has 0 bridgehead atoms. The Hall–Kier alpha value is -0.990. The third kappa shape index (κ3) is 1.62. The van der Waals surface area contributed by atoms with Crippen LogP contribution in [-0.2, 0) is 7.05 Å². The Morgan fingerprint density at radius 3 is 2.69 bits per heavy atom. The molecule has 0 spiro atoms. The highest BCUT2D eigenvalue weighted by Gasteiger charge is 2.16. The van der Waals surface area contributed by atoms with Crippen LogP contribution in [0.1, 0.15) is 24.2 Å². The van der Waals surface area contributed by atoms with Crippen molar-refractivity contribution in [1.82, 2.24) is 9.88 Å². The highest BCUT2D eigenvalue weighted by Crippen LogP contribution is 2.31. The van der Waals surface area contributed by atoms with E-state index in [4.69, 9.17) is 11.6 Å². The molecule has 1 aromatic heterocycles. The summed E-state index contributed by atoms with van der Waals surface area (Å²) in [5, 5.41) is 5.33. The number of rotatable bonds is 2. The monoisotopic (exact) mass is 236 g/mol. The van der Waals surface area contributed by atoms with E-state index >= 15 is 0 Å². The molecular weight excluding hydrogens is 220 g/mol. The normalized spacial score (nSPS) is 13.3. The summed E-state index contributed by atoms with van der Waals surface area (Å²) in [5.41, 5.74) is 3.86. The van der Waals surface area contributed by atoms with Crippen molar-refractivity contribution in [3.05, 3.63) is 34.5 Å². The Labute approximate surface area is 101 Å². The van der Waals surface area contributed by atoms with Crippen LogP contribution in [0.15, 0.2) is 18.2 Å². The molecule has 0 aliphatic heterocycles. The van der Waals surface area contributed by atoms with Crippen molar-refractivity contribution >= 4 is 22.5 Å². The summed E-state index contributed by atoms with van der Waals surface area (Å²) in [4.78, 5) is 0. The Bertz CT molecular complexity index is 528. The molecular formula is C13H17ClN2. The minimum absolute atomic E-state index is 0.335. The fourth-order valence-electron chi connectivity index (χ4n) is 2.26. The van der Waals surface area contributed by atoms with Crippen molar-refractivity contribution in [3.63, 3.8) is 0 Å². The summed E-state index contributed by atoms with van der Waals surface area (Å²) in [6, 6.07) is 6.41. The lowest BCUT2D eigenvalue weighted by molar-refractivity contribution is 0.648. The zero-order chi connectivity index (χ0) is 11.9. The largest absolute Gasteiger partial charge is 0.348 e. The SMILES string of the molecule is CNC(C)c1c(C)n(C)c2ccc(Cl)cc12. The van der Waals surface area contributed by atoms with E-state index in [1.165, 1.54) is 22.2 Å². The van der Waals surface area contributed by atoms with Crippen LogP contribution in [0.2, 0.25) is 5.02 Å². The van der Waals surface area contributed by atoms with E-state index in [1.54, 1.807) is 0 Å². The van der Waals surface area contributed by atoms with E-state index in [9.17, 15) is 0 Å². The number of aryl methyl sites for hydroxylation is 1. The lowest BCUT2D eigenvalue weighted by Crippen LogP contribution is -2.13. The second-order valence-electron chi connectivity index (χ2n) is 4.23. The Kier molecular flexibility index (Phi) is 2.96. The molecule has 86 valence electrons. The summed E-state index contributed by atoms with van der Waals surface area (Å²) in [7, 11) is 4.07. The van der Waals surface area contributed by atoms with E-state index in [1.807, 2.05) is 19.2 Å². The van der Waals surface area contributed by atoms with Gasteiger partial charge in [0, 0.05) is 34.7 Å². The van der Waals surface area contributed by atoms with Gasteiger partial charge in [0.1, 0.15) is 0 Å². The zero-order valence-corrected chi connectivity index (χ0v) is 10.9. The number of fused-ring (bicyclic) bond motifs is 1. The van der Waals surface area contributed by atoms with Gasteiger partial charge in [-0.15, -0.1) is 0 Å². The zero-order valence-electron chi connectivity index (χ0n) is 10.1. The third-order valence-corrected chi connectivity index (χ3v) is 3.60. The van der Waals surface area contributed by atoms with E-state index < -0.39 is 0 Å². The Balaban J connectivity index is 2.80. The maximum atomic E-state index is 6.07. The number of benzene rings is 1. The Morgan fingerprint density at radius 1 is 1.38 bits per heavy atom. The molecule has 1 aromatic carbocycles. The number of aromatic nitrogens is 1. The van der Waals surface area contributed by atoms with Crippen LogP contribution >= 0.6 is 11.6 Å². The van der Waals surface area contributed by atoms with Crippen molar-refractivity contribution in [1.29, 1.82) is 0 Å². The van der Waals surface area contributed by atoms with Crippen LogP contribution < -0.4 is 5.32 Å². The molecule has 16 heavy (non-hydrogen) atoms. The average molecular weight is 237 g/mol. The fourth-order valence-corrected chi connectivity index (χ4v) is 2.44. The van der Waals surface area contributed by atoms with Crippen LogP contribution in [0.5, 0.6) is 0 Å². The molecule has 2 rings (SSSR count). The predicted molar refractivity (Wildman–Crippen MR) is 70.1 cm³/mol. The van der Waals surface area contributed by atoms with Crippen LogP contribution in [0.25, 0.3) is 10.9 Å². The third-order valence-electron chi connectivity index (χ3n) is 3.37. The van der Waals surface area contributed by atoms with Crippen LogP contribution in [0, 0.1) is 6.92 Å². The quantitative estimate of drug-likeness (QED) is 0.846. The van der Waals surface area contributed by atoms with Gasteiger partial charge in [-0.1, -0.05) is 11.6 Å². The van der Waals surface area contributed by atoms with Crippen molar-refractivity contribution in [3.8, 4) is 0 Å². The number of nitrogens with one attached hydrogen (secondary N) is 1. The molecule has 2 nitrogen and oxygen atoms in total. The van der Waals surface area contributed by atoms with Gasteiger partial charge in [-0.2, -0.15) is 0 Å². The summed E-state index contributed by atoms with van der Waals surface area (Å²) in [5.74, 6) is 0. The van der Waals surface area contributed by atoms with Gasteiger partial charge < -0.3 is 9.88 Å². The van der Waals surface area contributed by atoms with Crippen LogP contribution in [-0.4, -0.2) is 11.6 Å². The fraction of sp³-hybridized carbons (Fsp3) is 0.385. The minimum Gasteiger partial charge on any atom is -0.348 e. The highest BCUT2D eigenvalue weighted by molar-refractivity contribution is 6.31. The smallest absolute Gasteiger partial charge is 0.0484 e. The van der Waals surface area contributed by atoms with E-state index in [2.05, 4.69) is 36.8 Å². The maximum absolute atomic E-state index is 6.07. The lowest BCUT2D eigenvalue weighted by atomic mass is 10.0. The molecule has 1 heterocycles. The van der Waals surface area contributed by atoms with Crippen molar-refractivity contribution in [2.24, 2.45) is 7.05 Å². The lowest BCUT2D eigenvalue weighted by Gasteiger charge is -2.11. The van der Waals surface area contributed by atoms with Crippen LogP contribution in [0.3, 0.4) is 0 Å². The van der Waals surface area contributed by atoms with E-state index in [0.717, 1.165) is 5.02 Å². The standard InChI is InChI=1S/C13H17ClN2/c1-8(15-3)13-9(2)16(4)12-6-5-10(14)7-11(12)13/h5-8,15H,1-4H3. The van der Waals surface area contributed by atoms with Gasteiger partial charge in [-0.25, -0.2) is 0 Å². The molecule has 2 aromatic rings. The predicted octanol–water partition coefficient (Wildman–Crippen LogP) is 3.42. The average Bonchev–Trinajstić information content (AvgIpc) is 2.51. The molecule has 1 N–H and O–H groups in total. The first-order valence-electron chi connectivity index (χ1n) is 5.48. The molecule has 0 fully saturated rings. The van der Waals surface area contributed by atoms with Gasteiger partial charge >= 0.3 is 0 Å². The number of nitrogens with zero attached hydrogens (tertiary/aromatic N) is 1. The second kappa shape index (κ2) is 4.11.